The maximum Gasteiger partial charge on any atom is 0.420 e. The first-order valence-corrected chi connectivity index (χ1v) is 8.07. The number of halogens is 3. The molecular weight excluding hydrogens is 305 g/mol. The van der Waals surface area contributed by atoms with E-state index in [4.69, 9.17) is 4.42 Å². The molecule has 0 atom stereocenters. The highest BCUT2D eigenvalue weighted by molar-refractivity contribution is 5.78. The summed E-state index contributed by atoms with van der Waals surface area (Å²) in [7, 11) is 0. The molecule has 1 aliphatic rings. The number of aromatic nitrogens is 1. The predicted molar refractivity (Wildman–Crippen MR) is 82.2 cm³/mol. The lowest BCUT2D eigenvalue weighted by Gasteiger charge is -2.26. The lowest BCUT2D eigenvalue weighted by Crippen LogP contribution is -2.29. The standard InChI is InChI=1S/C17H21F3N2O/c1-11(2)16-21-14-9-12(10-22-6-4-3-5-7-22)8-13(15(14)23-16)17(18,19)20/h8-9,11H,3-7,10H2,1-2H3. The van der Waals surface area contributed by atoms with Gasteiger partial charge in [0.1, 0.15) is 11.1 Å². The second kappa shape index (κ2) is 6.15. The van der Waals surface area contributed by atoms with Gasteiger partial charge in [0.25, 0.3) is 0 Å². The molecule has 6 heteroatoms. The van der Waals surface area contributed by atoms with Crippen molar-refractivity contribution in [2.75, 3.05) is 13.1 Å². The van der Waals surface area contributed by atoms with Gasteiger partial charge in [0, 0.05) is 12.5 Å². The van der Waals surface area contributed by atoms with Crippen LogP contribution in [0.2, 0.25) is 0 Å². The third-order valence-corrected chi connectivity index (χ3v) is 4.22. The molecule has 1 aromatic carbocycles. The van der Waals surface area contributed by atoms with Crippen LogP contribution in [0.15, 0.2) is 16.5 Å². The van der Waals surface area contributed by atoms with E-state index < -0.39 is 11.7 Å². The van der Waals surface area contributed by atoms with Crippen molar-refractivity contribution in [1.29, 1.82) is 0 Å². The SMILES string of the molecule is CC(C)c1nc2cc(CN3CCCCC3)cc(C(F)(F)F)c2o1. The molecule has 1 aromatic heterocycles. The second-order valence-electron chi connectivity index (χ2n) is 6.53. The van der Waals surface area contributed by atoms with E-state index >= 15 is 0 Å². The van der Waals surface area contributed by atoms with E-state index in [-0.39, 0.29) is 11.5 Å². The Balaban J connectivity index is 2.01. The van der Waals surface area contributed by atoms with Crippen molar-refractivity contribution in [1.82, 2.24) is 9.88 Å². The molecule has 2 aromatic rings. The summed E-state index contributed by atoms with van der Waals surface area (Å²) < 4.78 is 45.5. The lowest BCUT2D eigenvalue weighted by atomic mass is 10.1. The molecule has 23 heavy (non-hydrogen) atoms. The van der Waals surface area contributed by atoms with Crippen molar-refractivity contribution in [2.24, 2.45) is 0 Å². The van der Waals surface area contributed by atoms with Gasteiger partial charge in [0.15, 0.2) is 11.5 Å². The number of likely N-dealkylation sites (tertiary alicyclic amines) is 1. The maximum absolute atomic E-state index is 13.4. The van der Waals surface area contributed by atoms with Crippen LogP contribution >= 0.6 is 0 Å². The molecular formula is C17H21F3N2O. The van der Waals surface area contributed by atoms with Gasteiger partial charge in [-0.3, -0.25) is 4.90 Å². The molecule has 1 fully saturated rings. The van der Waals surface area contributed by atoms with Crippen molar-refractivity contribution >= 4 is 11.1 Å². The smallest absolute Gasteiger partial charge is 0.420 e. The zero-order chi connectivity index (χ0) is 16.6. The minimum absolute atomic E-state index is 0.0472. The molecule has 0 amide bonds. The Hall–Kier alpha value is -1.56. The number of hydrogen-bond acceptors (Lipinski definition) is 3. The number of piperidine rings is 1. The molecule has 0 spiro atoms. The summed E-state index contributed by atoms with van der Waals surface area (Å²) in [5.74, 6) is 0.301. The molecule has 126 valence electrons. The summed E-state index contributed by atoms with van der Waals surface area (Å²) in [6.45, 7) is 6.12. The highest BCUT2D eigenvalue weighted by Crippen LogP contribution is 2.37. The molecule has 3 rings (SSSR count). The lowest BCUT2D eigenvalue weighted by molar-refractivity contribution is -0.136. The Bertz CT molecular complexity index is 685. The maximum atomic E-state index is 13.4. The Morgan fingerprint density at radius 1 is 1.17 bits per heavy atom. The number of hydrogen-bond donors (Lipinski definition) is 0. The van der Waals surface area contributed by atoms with Crippen LogP contribution in [0.5, 0.6) is 0 Å². The first-order chi connectivity index (χ1) is 10.8. The molecule has 2 heterocycles. The van der Waals surface area contributed by atoms with Crippen molar-refractivity contribution in [2.45, 2.75) is 51.7 Å². The summed E-state index contributed by atoms with van der Waals surface area (Å²) in [5.41, 5.74) is 0.0795. The predicted octanol–water partition coefficient (Wildman–Crippen LogP) is 4.96. The Labute approximate surface area is 133 Å². The van der Waals surface area contributed by atoms with Crippen LogP contribution in [0.25, 0.3) is 11.1 Å². The molecule has 3 nitrogen and oxygen atoms in total. The van der Waals surface area contributed by atoms with Gasteiger partial charge in [-0.1, -0.05) is 20.3 Å². The van der Waals surface area contributed by atoms with Crippen LogP contribution in [-0.4, -0.2) is 23.0 Å². The van der Waals surface area contributed by atoms with Gasteiger partial charge in [-0.2, -0.15) is 13.2 Å². The van der Waals surface area contributed by atoms with Gasteiger partial charge in [-0.15, -0.1) is 0 Å². The van der Waals surface area contributed by atoms with Crippen LogP contribution in [0.1, 0.15) is 56.0 Å². The molecule has 1 aliphatic heterocycles. The molecule has 0 radical (unpaired) electrons. The zero-order valence-corrected chi connectivity index (χ0v) is 13.4. The van der Waals surface area contributed by atoms with E-state index in [2.05, 4.69) is 9.88 Å². The summed E-state index contributed by atoms with van der Waals surface area (Å²) in [6, 6.07) is 2.95. The third kappa shape index (κ3) is 3.52. The zero-order valence-electron chi connectivity index (χ0n) is 13.4. The Morgan fingerprint density at radius 2 is 1.87 bits per heavy atom. The summed E-state index contributed by atoms with van der Waals surface area (Å²) >= 11 is 0. The number of oxazole rings is 1. The highest BCUT2D eigenvalue weighted by atomic mass is 19.4. The first-order valence-electron chi connectivity index (χ1n) is 8.07. The van der Waals surface area contributed by atoms with E-state index in [1.165, 1.54) is 12.5 Å². The van der Waals surface area contributed by atoms with Gasteiger partial charge >= 0.3 is 6.18 Å². The Kier molecular flexibility index (Phi) is 4.36. The van der Waals surface area contributed by atoms with E-state index in [0.29, 0.717) is 23.5 Å². The molecule has 0 N–H and O–H groups in total. The van der Waals surface area contributed by atoms with Crippen LogP contribution in [0, 0.1) is 0 Å². The number of fused-ring (bicyclic) bond motifs is 1. The van der Waals surface area contributed by atoms with Crippen LogP contribution in [-0.2, 0) is 12.7 Å². The van der Waals surface area contributed by atoms with Crippen LogP contribution < -0.4 is 0 Å². The Morgan fingerprint density at radius 3 is 2.48 bits per heavy atom. The van der Waals surface area contributed by atoms with E-state index in [1.807, 2.05) is 13.8 Å². The largest absolute Gasteiger partial charge is 0.440 e. The third-order valence-electron chi connectivity index (χ3n) is 4.22. The monoisotopic (exact) mass is 326 g/mol. The van der Waals surface area contributed by atoms with Crippen molar-refractivity contribution in [3.05, 3.63) is 29.2 Å². The van der Waals surface area contributed by atoms with Crippen molar-refractivity contribution in [3.63, 3.8) is 0 Å². The van der Waals surface area contributed by atoms with Crippen molar-refractivity contribution < 1.29 is 17.6 Å². The number of rotatable bonds is 3. The number of nitrogens with zero attached hydrogens (tertiary/aromatic N) is 2. The molecule has 0 saturated carbocycles. The minimum Gasteiger partial charge on any atom is -0.440 e. The fraction of sp³-hybridized carbons (Fsp3) is 0.588. The topological polar surface area (TPSA) is 29.3 Å². The van der Waals surface area contributed by atoms with Crippen LogP contribution in [0.4, 0.5) is 13.2 Å². The fourth-order valence-electron chi connectivity index (χ4n) is 3.03. The second-order valence-corrected chi connectivity index (χ2v) is 6.53. The van der Waals surface area contributed by atoms with E-state index in [0.717, 1.165) is 25.9 Å². The van der Waals surface area contributed by atoms with Gasteiger partial charge in [0.2, 0.25) is 0 Å². The summed E-state index contributed by atoms with van der Waals surface area (Å²) in [4.78, 5) is 6.46. The van der Waals surface area contributed by atoms with E-state index in [9.17, 15) is 13.2 Å². The number of alkyl halides is 3. The average molecular weight is 326 g/mol. The van der Waals surface area contributed by atoms with Gasteiger partial charge < -0.3 is 4.42 Å². The molecule has 0 unspecified atom stereocenters. The highest BCUT2D eigenvalue weighted by Gasteiger charge is 2.35. The average Bonchev–Trinajstić information content (AvgIpc) is 2.90. The van der Waals surface area contributed by atoms with Crippen molar-refractivity contribution in [3.8, 4) is 0 Å². The van der Waals surface area contributed by atoms with Gasteiger partial charge in [-0.05, 0) is 43.6 Å². The fourth-order valence-corrected chi connectivity index (χ4v) is 3.03. The normalized spacial score (nSPS) is 17.3. The summed E-state index contributed by atoms with van der Waals surface area (Å²) in [5, 5.41) is 0. The quantitative estimate of drug-likeness (QED) is 0.798. The first kappa shape index (κ1) is 16.3. The molecule has 0 bridgehead atoms. The molecule has 1 saturated heterocycles. The summed E-state index contributed by atoms with van der Waals surface area (Å²) in [6.07, 6.45) is -1.03. The van der Waals surface area contributed by atoms with E-state index in [1.54, 1.807) is 6.07 Å². The van der Waals surface area contributed by atoms with Gasteiger partial charge in [0.05, 0.1) is 0 Å². The number of benzene rings is 1. The minimum atomic E-state index is -4.44. The van der Waals surface area contributed by atoms with Gasteiger partial charge in [-0.25, -0.2) is 4.98 Å². The molecule has 0 aliphatic carbocycles. The van der Waals surface area contributed by atoms with Crippen LogP contribution in [0.3, 0.4) is 0 Å².